The molecule has 0 amide bonds. The molecule has 1 aromatic rings. The first-order valence-electron chi connectivity index (χ1n) is 5.58. The Kier molecular flexibility index (Phi) is 3.50. The molecule has 1 atom stereocenters. The Labute approximate surface area is 95.9 Å². The van der Waals surface area contributed by atoms with E-state index in [2.05, 4.69) is 28.2 Å². The number of nitrogens with zero attached hydrogens (tertiary/aromatic N) is 3. The van der Waals surface area contributed by atoms with Crippen molar-refractivity contribution >= 4 is 0 Å². The van der Waals surface area contributed by atoms with E-state index in [9.17, 15) is 0 Å². The van der Waals surface area contributed by atoms with Crippen molar-refractivity contribution in [1.29, 1.82) is 5.26 Å². The van der Waals surface area contributed by atoms with Crippen LogP contribution in [0.3, 0.4) is 0 Å². The first-order chi connectivity index (χ1) is 7.79. The second-order valence-corrected chi connectivity index (χ2v) is 4.22. The summed E-state index contributed by atoms with van der Waals surface area (Å²) in [6.07, 6.45) is 3.44. The third-order valence-electron chi connectivity index (χ3n) is 2.95. The molecule has 84 valence electrons. The molecule has 1 saturated heterocycles. The molecular formula is C12H16N4. The number of hydrogen-bond acceptors (Lipinski definition) is 4. The van der Waals surface area contributed by atoms with Crippen LogP contribution in [0.15, 0.2) is 18.5 Å². The van der Waals surface area contributed by atoms with Crippen molar-refractivity contribution in [2.45, 2.75) is 19.5 Å². The molecule has 1 fully saturated rings. The second-order valence-electron chi connectivity index (χ2n) is 4.22. The van der Waals surface area contributed by atoms with Crippen molar-refractivity contribution in [3.8, 4) is 6.07 Å². The molecule has 0 aliphatic carbocycles. The van der Waals surface area contributed by atoms with Crippen LogP contribution >= 0.6 is 0 Å². The Balaban J connectivity index is 2.05. The smallest absolute Gasteiger partial charge is 0.101 e. The lowest BCUT2D eigenvalue weighted by Crippen LogP contribution is -2.49. The standard InChI is InChI=1S/C12H16N4/c1-10-6-14-2-3-16(10)9-12-4-11(5-13)7-15-8-12/h4,7-8,10,14H,2-3,6,9H2,1H3. The fraction of sp³-hybridized carbons (Fsp3) is 0.500. The SMILES string of the molecule is CC1CNCCN1Cc1cncc(C#N)c1. The monoisotopic (exact) mass is 216 g/mol. The maximum atomic E-state index is 8.81. The lowest BCUT2D eigenvalue weighted by molar-refractivity contribution is 0.165. The lowest BCUT2D eigenvalue weighted by atomic mass is 10.1. The summed E-state index contributed by atoms with van der Waals surface area (Å²) in [7, 11) is 0. The van der Waals surface area contributed by atoms with Crippen molar-refractivity contribution in [1.82, 2.24) is 15.2 Å². The first-order valence-corrected chi connectivity index (χ1v) is 5.58. The number of aromatic nitrogens is 1. The Morgan fingerprint density at radius 1 is 1.62 bits per heavy atom. The summed E-state index contributed by atoms with van der Waals surface area (Å²) in [5, 5.41) is 12.2. The third-order valence-corrected chi connectivity index (χ3v) is 2.95. The van der Waals surface area contributed by atoms with Crippen LogP contribution in [0.2, 0.25) is 0 Å². The zero-order valence-electron chi connectivity index (χ0n) is 9.48. The predicted octanol–water partition coefficient (Wildman–Crippen LogP) is 0.747. The van der Waals surface area contributed by atoms with Gasteiger partial charge in [0.05, 0.1) is 5.56 Å². The minimum absolute atomic E-state index is 0.541. The van der Waals surface area contributed by atoms with Gasteiger partial charge in [0.25, 0.3) is 0 Å². The molecule has 4 heteroatoms. The van der Waals surface area contributed by atoms with E-state index < -0.39 is 0 Å². The van der Waals surface area contributed by atoms with Gasteiger partial charge in [-0.1, -0.05) is 0 Å². The average molecular weight is 216 g/mol. The van der Waals surface area contributed by atoms with Crippen LogP contribution in [0.25, 0.3) is 0 Å². The number of nitriles is 1. The third kappa shape index (κ3) is 2.57. The van der Waals surface area contributed by atoms with Gasteiger partial charge >= 0.3 is 0 Å². The van der Waals surface area contributed by atoms with Gasteiger partial charge in [0.1, 0.15) is 6.07 Å². The highest BCUT2D eigenvalue weighted by atomic mass is 15.2. The zero-order valence-corrected chi connectivity index (χ0v) is 9.48. The number of pyridine rings is 1. The van der Waals surface area contributed by atoms with E-state index in [4.69, 9.17) is 5.26 Å². The summed E-state index contributed by atoms with van der Waals surface area (Å²) >= 11 is 0. The van der Waals surface area contributed by atoms with Gasteiger partial charge < -0.3 is 5.32 Å². The Morgan fingerprint density at radius 3 is 3.25 bits per heavy atom. The maximum Gasteiger partial charge on any atom is 0.101 e. The predicted molar refractivity (Wildman–Crippen MR) is 61.7 cm³/mol. The highest BCUT2D eigenvalue weighted by Gasteiger charge is 2.17. The molecule has 2 heterocycles. The van der Waals surface area contributed by atoms with Gasteiger partial charge in [-0.15, -0.1) is 0 Å². The van der Waals surface area contributed by atoms with Gasteiger partial charge in [0, 0.05) is 44.6 Å². The number of piperazine rings is 1. The summed E-state index contributed by atoms with van der Waals surface area (Å²) in [5.41, 5.74) is 1.76. The number of hydrogen-bond donors (Lipinski definition) is 1. The van der Waals surface area contributed by atoms with E-state index >= 15 is 0 Å². The Bertz CT molecular complexity index is 396. The van der Waals surface area contributed by atoms with Crippen molar-refractivity contribution in [2.75, 3.05) is 19.6 Å². The van der Waals surface area contributed by atoms with E-state index in [1.807, 2.05) is 12.3 Å². The number of rotatable bonds is 2. The van der Waals surface area contributed by atoms with Crippen molar-refractivity contribution < 1.29 is 0 Å². The molecule has 0 radical (unpaired) electrons. The molecule has 1 N–H and O–H groups in total. The normalized spacial score (nSPS) is 21.6. The van der Waals surface area contributed by atoms with Gasteiger partial charge in [0.15, 0.2) is 0 Å². The molecule has 1 unspecified atom stereocenters. The van der Waals surface area contributed by atoms with E-state index in [1.54, 1.807) is 6.20 Å². The fourth-order valence-corrected chi connectivity index (χ4v) is 1.99. The van der Waals surface area contributed by atoms with E-state index in [0.29, 0.717) is 11.6 Å². The van der Waals surface area contributed by atoms with Gasteiger partial charge in [-0.05, 0) is 18.6 Å². The number of nitrogens with one attached hydrogen (secondary N) is 1. The maximum absolute atomic E-state index is 8.81. The molecule has 1 aromatic heterocycles. The van der Waals surface area contributed by atoms with Crippen molar-refractivity contribution in [2.24, 2.45) is 0 Å². The highest BCUT2D eigenvalue weighted by Crippen LogP contribution is 2.10. The summed E-state index contributed by atoms with van der Waals surface area (Å²) < 4.78 is 0. The van der Waals surface area contributed by atoms with Gasteiger partial charge in [-0.2, -0.15) is 5.26 Å². The molecule has 2 rings (SSSR count). The minimum atomic E-state index is 0.541. The first kappa shape index (κ1) is 11.1. The lowest BCUT2D eigenvalue weighted by Gasteiger charge is -2.33. The van der Waals surface area contributed by atoms with E-state index in [0.717, 1.165) is 31.7 Å². The van der Waals surface area contributed by atoms with Crippen LogP contribution < -0.4 is 5.32 Å². The molecule has 0 spiro atoms. The zero-order chi connectivity index (χ0) is 11.4. The Morgan fingerprint density at radius 2 is 2.50 bits per heavy atom. The second kappa shape index (κ2) is 5.06. The summed E-state index contributed by atoms with van der Waals surface area (Å²) in [6.45, 7) is 6.22. The molecule has 0 bridgehead atoms. The van der Waals surface area contributed by atoms with Crippen LogP contribution in [0.5, 0.6) is 0 Å². The van der Waals surface area contributed by atoms with Crippen molar-refractivity contribution in [3.63, 3.8) is 0 Å². The summed E-state index contributed by atoms with van der Waals surface area (Å²) in [6, 6.07) is 4.58. The molecule has 0 saturated carbocycles. The van der Waals surface area contributed by atoms with Gasteiger partial charge in [0.2, 0.25) is 0 Å². The molecule has 1 aliphatic rings. The van der Waals surface area contributed by atoms with E-state index in [1.165, 1.54) is 0 Å². The summed E-state index contributed by atoms with van der Waals surface area (Å²) in [5.74, 6) is 0. The molecule has 4 nitrogen and oxygen atoms in total. The van der Waals surface area contributed by atoms with E-state index in [-0.39, 0.29) is 0 Å². The molecule has 1 aliphatic heterocycles. The topological polar surface area (TPSA) is 52.0 Å². The van der Waals surface area contributed by atoms with Crippen molar-refractivity contribution in [3.05, 3.63) is 29.6 Å². The highest BCUT2D eigenvalue weighted by molar-refractivity contribution is 5.28. The van der Waals surface area contributed by atoms with Crippen LogP contribution in [-0.4, -0.2) is 35.6 Å². The van der Waals surface area contributed by atoms with Crippen LogP contribution in [0, 0.1) is 11.3 Å². The van der Waals surface area contributed by atoms with Gasteiger partial charge in [-0.3, -0.25) is 9.88 Å². The average Bonchev–Trinajstić information content (AvgIpc) is 2.32. The van der Waals surface area contributed by atoms with Crippen LogP contribution in [0.4, 0.5) is 0 Å². The van der Waals surface area contributed by atoms with Crippen LogP contribution in [0.1, 0.15) is 18.1 Å². The fourth-order valence-electron chi connectivity index (χ4n) is 1.99. The largest absolute Gasteiger partial charge is 0.314 e. The summed E-state index contributed by atoms with van der Waals surface area (Å²) in [4.78, 5) is 6.49. The quantitative estimate of drug-likeness (QED) is 0.792. The molecular weight excluding hydrogens is 200 g/mol. The Hall–Kier alpha value is -1.44. The minimum Gasteiger partial charge on any atom is -0.314 e. The van der Waals surface area contributed by atoms with Crippen LogP contribution in [-0.2, 0) is 6.54 Å². The molecule has 16 heavy (non-hydrogen) atoms. The van der Waals surface area contributed by atoms with Gasteiger partial charge in [-0.25, -0.2) is 0 Å². The molecule has 0 aromatic carbocycles.